The Kier molecular flexibility index (Phi) is 6.99. The molecule has 0 spiro atoms. The molecule has 1 aromatic heterocycles. The summed E-state index contributed by atoms with van der Waals surface area (Å²) in [5.74, 6) is -0.354. The number of carbonyl (C=O) groups is 1. The van der Waals surface area contributed by atoms with Gasteiger partial charge < -0.3 is 5.11 Å². The first kappa shape index (κ1) is 22.3. The molecule has 2 aromatic carbocycles. The number of carbonyl (C=O) groups excluding carboxylic acids is 1. The summed E-state index contributed by atoms with van der Waals surface area (Å²) in [6.07, 6.45) is 3.23. The minimum absolute atomic E-state index is 0.164. The second-order valence-electron chi connectivity index (χ2n) is 7.34. The number of aromatic nitrogens is 2. The molecule has 0 radical (unpaired) electrons. The van der Waals surface area contributed by atoms with E-state index in [9.17, 15) is 9.90 Å². The molecule has 1 aliphatic rings. The second kappa shape index (κ2) is 9.71. The van der Waals surface area contributed by atoms with Crippen molar-refractivity contribution in [2.75, 3.05) is 13.1 Å². The third kappa shape index (κ3) is 4.81. The van der Waals surface area contributed by atoms with Gasteiger partial charge in [-0.1, -0.05) is 57.7 Å². The van der Waals surface area contributed by atoms with E-state index in [1.807, 2.05) is 29.3 Å². The number of hydrogen-bond acceptors (Lipinski definition) is 4. The van der Waals surface area contributed by atoms with Gasteiger partial charge in [-0.25, -0.2) is 9.69 Å². The molecule has 0 bridgehead atoms. The number of halogens is 3. The zero-order chi connectivity index (χ0) is 22.0. The number of benzene rings is 2. The molecule has 0 aliphatic carbocycles. The third-order valence-electron chi connectivity index (χ3n) is 5.23. The van der Waals surface area contributed by atoms with Crippen molar-refractivity contribution in [1.82, 2.24) is 20.2 Å². The monoisotopic (exact) mass is 522 g/mol. The Balaban J connectivity index is 1.84. The molecule has 4 rings (SSSR count). The fourth-order valence-corrected chi connectivity index (χ4v) is 4.47. The van der Waals surface area contributed by atoms with Crippen LogP contribution in [0.2, 0.25) is 10.0 Å². The van der Waals surface area contributed by atoms with E-state index in [0.717, 1.165) is 42.4 Å². The Morgan fingerprint density at radius 3 is 2.45 bits per heavy atom. The van der Waals surface area contributed by atoms with Crippen molar-refractivity contribution in [2.45, 2.75) is 25.9 Å². The maximum Gasteiger partial charge on any atom is 0.286 e. The Labute approximate surface area is 198 Å². The lowest BCUT2D eigenvalue weighted by atomic mass is 10.1. The number of aliphatic hydroxyl groups is 1. The topological polar surface area (TPSA) is 70.4 Å². The largest absolute Gasteiger partial charge is 0.392 e. The molecule has 3 aromatic rings. The van der Waals surface area contributed by atoms with E-state index in [1.165, 1.54) is 0 Å². The van der Waals surface area contributed by atoms with Gasteiger partial charge >= 0.3 is 0 Å². The SMILES string of the molecule is O=C(NN1CCCCC1)c1nn(-c2ccc(Cl)cc2Cl)c(-c2ccc(Br)cc2)c1CO. The minimum Gasteiger partial charge on any atom is -0.392 e. The van der Waals surface area contributed by atoms with Gasteiger partial charge in [-0.05, 0) is 43.2 Å². The minimum atomic E-state index is -0.354. The van der Waals surface area contributed by atoms with Crippen LogP contribution in [-0.2, 0) is 6.61 Å². The zero-order valence-corrected chi connectivity index (χ0v) is 19.7. The van der Waals surface area contributed by atoms with Gasteiger partial charge in [0, 0.05) is 33.7 Å². The fourth-order valence-electron chi connectivity index (χ4n) is 3.72. The van der Waals surface area contributed by atoms with Crippen LogP contribution in [0.3, 0.4) is 0 Å². The van der Waals surface area contributed by atoms with E-state index < -0.39 is 0 Å². The molecule has 1 fully saturated rings. The van der Waals surface area contributed by atoms with Crippen molar-refractivity contribution in [3.63, 3.8) is 0 Å². The molecule has 0 unspecified atom stereocenters. The summed E-state index contributed by atoms with van der Waals surface area (Å²) in [5.41, 5.74) is 5.49. The van der Waals surface area contributed by atoms with Gasteiger partial charge in [-0.2, -0.15) is 5.10 Å². The summed E-state index contributed by atoms with van der Waals surface area (Å²) in [6.45, 7) is 1.24. The van der Waals surface area contributed by atoms with Gasteiger partial charge in [0.1, 0.15) is 0 Å². The molecule has 0 saturated carbocycles. The first-order valence-electron chi connectivity index (χ1n) is 9.98. The highest BCUT2D eigenvalue weighted by Crippen LogP contribution is 2.33. The number of hydrazine groups is 1. The van der Waals surface area contributed by atoms with E-state index in [1.54, 1.807) is 22.9 Å². The summed E-state index contributed by atoms with van der Waals surface area (Å²) in [4.78, 5) is 13.1. The highest BCUT2D eigenvalue weighted by Gasteiger charge is 2.26. The van der Waals surface area contributed by atoms with Gasteiger partial charge in [-0.3, -0.25) is 10.2 Å². The summed E-state index contributed by atoms with van der Waals surface area (Å²) in [5, 5.41) is 17.6. The molecule has 31 heavy (non-hydrogen) atoms. The van der Waals surface area contributed by atoms with Crippen LogP contribution in [0.1, 0.15) is 35.3 Å². The van der Waals surface area contributed by atoms with Gasteiger partial charge in [0.05, 0.1) is 23.0 Å². The molecule has 0 atom stereocenters. The van der Waals surface area contributed by atoms with E-state index in [4.69, 9.17) is 23.2 Å². The smallest absolute Gasteiger partial charge is 0.286 e. The molecule has 1 aliphatic heterocycles. The van der Waals surface area contributed by atoms with Crippen LogP contribution in [-0.4, -0.2) is 38.9 Å². The predicted octanol–water partition coefficient (Wildman–Crippen LogP) is 5.23. The number of amides is 1. The van der Waals surface area contributed by atoms with Gasteiger partial charge in [-0.15, -0.1) is 0 Å². The predicted molar refractivity (Wildman–Crippen MR) is 126 cm³/mol. The summed E-state index contributed by atoms with van der Waals surface area (Å²) in [6, 6.07) is 12.7. The van der Waals surface area contributed by atoms with Crippen molar-refractivity contribution < 1.29 is 9.90 Å². The highest BCUT2D eigenvalue weighted by atomic mass is 79.9. The lowest BCUT2D eigenvalue weighted by molar-refractivity contribution is 0.0741. The van der Waals surface area contributed by atoms with Crippen molar-refractivity contribution in [3.8, 4) is 16.9 Å². The van der Waals surface area contributed by atoms with Crippen molar-refractivity contribution >= 4 is 45.0 Å². The third-order valence-corrected chi connectivity index (χ3v) is 6.29. The van der Waals surface area contributed by atoms with Crippen LogP contribution in [0.4, 0.5) is 0 Å². The van der Waals surface area contributed by atoms with Crippen LogP contribution in [0.15, 0.2) is 46.9 Å². The lowest BCUT2D eigenvalue weighted by Crippen LogP contribution is -2.45. The maximum atomic E-state index is 13.1. The number of nitrogens with zero attached hydrogens (tertiary/aromatic N) is 3. The number of hydrogen-bond donors (Lipinski definition) is 2. The van der Waals surface area contributed by atoms with E-state index in [-0.39, 0.29) is 18.2 Å². The quantitative estimate of drug-likeness (QED) is 0.480. The average Bonchev–Trinajstić information content (AvgIpc) is 3.14. The van der Waals surface area contributed by atoms with Gasteiger partial charge in [0.15, 0.2) is 5.69 Å². The first-order valence-corrected chi connectivity index (χ1v) is 11.5. The standard InChI is InChI=1S/C22H21BrCl2N4O2/c23-15-6-4-14(5-7-15)21-17(13-30)20(22(31)27-28-10-2-1-3-11-28)26-29(21)19-9-8-16(24)12-18(19)25/h4-9,12,30H,1-3,10-11,13H2,(H,27,31). The highest BCUT2D eigenvalue weighted by molar-refractivity contribution is 9.10. The van der Waals surface area contributed by atoms with E-state index >= 15 is 0 Å². The summed E-state index contributed by atoms with van der Waals surface area (Å²) >= 11 is 16.0. The van der Waals surface area contributed by atoms with Crippen LogP contribution >= 0.6 is 39.1 Å². The van der Waals surface area contributed by atoms with Crippen molar-refractivity contribution in [3.05, 3.63) is 68.2 Å². The Morgan fingerprint density at radius 2 is 1.81 bits per heavy atom. The summed E-state index contributed by atoms with van der Waals surface area (Å²) in [7, 11) is 0. The Morgan fingerprint density at radius 1 is 1.10 bits per heavy atom. The van der Waals surface area contributed by atoms with Crippen LogP contribution < -0.4 is 5.43 Å². The number of rotatable bonds is 5. The molecular formula is C22H21BrCl2N4O2. The number of piperidine rings is 1. The van der Waals surface area contributed by atoms with Crippen LogP contribution in [0, 0.1) is 0 Å². The second-order valence-corrected chi connectivity index (χ2v) is 9.10. The van der Waals surface area contributed by atoms with Crippen LogP contribution in [0.25, 0.3) is 16.9 Å². The normalized spacial score (nSPS) is 14.6. The van der Waals surface area contributed by atoms with Crippen molar-refractivity contribution in [2.24, 2.45) is 0 Å². The molecule has 1 amide bonds. The molecule has 1 saturated heterocycles. The maximum absolute atomic E-state index is 13.1. The van der Waals surface area contributed by atoms with Gasteiger partial charge in [0.25, 0.3) is 5.91 Å². The molecule has 9 heteroatoms. The lowest BCUT2D eigenvalue weighted by Gasteiger charge is -2.26. The number of nitrogens with one attached hydrogen (secondary N) is 1. The molecule has 6 nitrogen and oxygen atoms in total. The fraction of sp³-hybridized carbons (Fsp3) is 0.273. The average molecular weight is 524 g/mol. The molecule has 2 heterocycles. The van der Waals surface area contributed by atoms with Crippen molar-refractivity contribution in [1.29, 1.82) is 0 Å². The first-order chi connectivity index (χ1) is 15.0. The molecule has 162 valence electrons. The molecular weight excluding hydrogens is 503 g/mol. The van der Waals surface area contributed by atoms with E-state index in [2.05, 4.69) is 26.5 Å². The zero-order valence-electron chi connectivity index (χ0n) is 16.6. The van der Waals surface area contributed by atoms with Crippen LogP contribution in [0.5, 0.6) is 0 Å². The van der Waals surface area contributed by atoms with E-state index in [0.29, 0.717) is 27.0 Å². The molecule has 2 N–H and O–H groups in total. The Bertz CT molecular complexity index is 1100. The van der Waals surface area contributed by atoms with Gasteiger partial charge in [0.2, 0.25) is 0 Å². The summed E-state index contributed by atoms with van der Waals surface area (Å²) < 4.78 is 2.51. The number of aliphatic hydroxyl groups excluding tert-OH is 1. The Hall–Kier alpha value is -1.90.